The van der Waals surface area contributed by atoms with E-state index in [9.17, 15) is 0 Å². The summed E-state index contributed by atoms with van der Waals surface area (Å²) < 4.78 is 5.31. The van der Waals surface area contributed by atoms with Crippen LogP contribution in [0.25, 0.3) is 0 Å². The largest absolute Gasteiger partial charge is 0.383 e. The summed E-state index contributed by atoms with van der Waals surface area (Å²) in [5, 5.41) is 0. The molecule has 0 amide bonds. The van der Waals surface area contributed by atoms with Gasteiger partial charge in [-0.3, -0.25) is 4.90 Å². The number of nitrogens with two attached hydrogens (primary N) is 1. The maximum Gasteiger partial charge on any atom is 0.0589 e. The molecule has 1 rings (SSSR count). The van der Waals surface area contributed by atoms with Gasteiger partial charge in [0.05, 0.1) is 6.61 Å². The number of hydrogen-bond acceptors (Lipinski definition) is 3. The Labute approximate surface area is 119 Å². The Hall–Kier alpha value is -0.120. The summed E-state index contributed by atoms with van der Waals surface area (Å²) in [6, 6.07) is 0. The van der Waals surface area contributed by atoms with Crippen molar-refractivity contribution >= 4 is 0 Å². The molecule has 0 saturated heterocycles. The molecule has 19 heavy (non-hydrogen) atoms. The first kappa shape index (κ1) is 16.9. The predicted octanol–water partition coefficient (Wildman–Crippen LogP) is 2.74. The van der Waals surface area contributed by atoms with Gasteiger partial charge in [-0.2, -0.15) is 0 Å². The van der Waals surface area contributed by atoms with Crippen molar-refractivity contribution in [2.45, 2.75) is 52.5 Å². The molecule has 0 heterocycles. The molecule has 0 aromatic carbocycles. The Morgan fingerprint density at radius 2 is 2.05 bits per heavy atom. The van der Waals surface area contributed by atoms with Crippen LogP contribution >= 0.6 is 0 Å². The van der Waals surface area contributed by atoms with Crippen LogP contribution in [0, 0.1) is 17.8 Å². The molecular weight excluding hydrogens is 236 g/mol. The molecule has 3 atom stereocenters. The zero-order chi connectivity index (χ0) is 14.5. The van der Waals surface area contributed by atoms with Crippen LogP contribution in [0.15, 0.2) is 0 Å². The highest BCUT2D eigenvalue weighted by Crippen LogP contribution is 2.41. The highest BCUT2D eigenvalue weighted by Gasteiger charge is 2.44. The highest BCUT2D eigenvalue weighted by atomic mass is 16.5. The van der Waals surface area contributed by atoms with E-state index in [1.807, 2.05) is 0 Å². The van der Waals surface area contributed by atoms with Crippen LogP contribution in [0.5, 0.6) is 0 Å². The lowest BCUT2D eigenvalue weighted by Crippen LogP contribution is -2.62. The van der Waals surface area contributed by atoms with E-state index in [1.165, 1.54) is 19.3 Å². The van der Waals surface area contributed by atoms with E-state index in [1.54, 1.807) is 7.11 Å². The van der Waals surface area contributed by atoms with Crippen LogP contribution in [0.1, 0.15) is 47.0 Å². The lowest BCUT2D eigenvalue weighted by Gasteiger charge is -2.53. The molecule has 3 heteroatoms. The summed E-state index contributed by atoms with van der Waals surface area (Å²) >= 11 is 0. The summed E-state index contributed by atoms with van der Waals surface area (Å²) in [6.45, 7) is 13.1. The summed E-state index contributed by atoms with van der Waals surface area (Å²) in [6.07, 6.45) is 3.90. The molecule has 3 unspecified atom stereocenters. The Morgan fingerprint density at radius 3 is 2.58 bits per heavy atom. The summed E-state index contributed by atoms with van der Waals surface area (Å²) in [4.78, 5) is 2.63. The van der Waals surface area contributed by atoms with Gasteiger partial charge in [0, 0.05) is 32.3 Å². The minimum Gasteiger partial charge on any atom is -0.383 e. The normalized spacial score (nSPS) is 32.2. The second-order valence-corrected chi connectivity index (χ2v) is 6.80. The highest BCUT2D eigenvalue weighted by molar-refractivity contribution is 5.00. The maximum atomic E-state index is 6.26. The molecule has 2 N–H and O–H groups in total. The van der Waals surface area contributed by atoms with Gasteiger partial charge in [-0.1, -0.05) is 40.5 Å². The van der Waals surface area contributed by atoms with E-state index in [2.05, 4.69) is 32.6 Å². The van der Waals surface area contributed by atoms with Crippen LogP contribution < -0.4 is 5.73 Å². The van der Waals surface area contributed by atoms with E-state index >= 15 is 0 Å². The summed E-state index contributed by atoms with van der Waals surface area (Å²) in [7, 11) is 1.79. The van der Waals surface area contributed by atoms with Crippen LogP contribution in [0.3, 0.4) is 0 Å². The van der Waals surface area contributed by atoms with Gasteiger partial charge in [-0.15, -0.1) is 0 Å². The van der Waals surface area contributed by atoms with Gasteiger partial charge in [0.15, 0.2) is 0 Å². The molecule has 1 saturated carbocycles. The zero-order valence-electron chi connectivity index (χ0n) is 13.6. The van der Waals surface area contributed by atoms with Crippen LogP contribution in [0.4, 0.5) is 0 Å². The Kier molecular flexibility index (Phi) is 6.78. The maximum absolute atomic E-state index is 6.26. The minimum atomic E-state index is 0.181. The van der Waals surface area contributed by atoms with E-state index in [-0.39, 0.29) is 5.54 Å². The summed E-state index contributed by atoms with van der Waals surface area (Å²) in [5.41, 5.74) is 6.44. The molecule has 1 fully saturated rings. The fraction of sp³-hybridized carbons (Fsp3) is 1.00. The van der Waals surface area contributed by atoms with Gasteiger partial charge in [-0.25, -0.2) is 0 Å². The van der Waals surface area contributed by atoms with Crippen molar-refractivity contribution < 1.29 is 4.74 Å². The second kappa shape index (κ2) is 7.61. The Balaban J connectivity index is 2.91. The van der Waals surface area contributed by atoms with Crippen molar-refractivity contribution in [1.29, 1.82) is 0 Å². The number of nitrogens with zero attached hydrogens (tertiary/aromatic N) is 1. The molecule has 0 radical (unpaired) electrons. The van der Waals surface area contributed by atoms with E-state index < -0.39 is 0 Å². The average molecular weight is 270 g/mol. The molecule has 3 nitrogen and oxygen atoms in total. The molecule has 0 aromatic heterocycles. The molecular formula is C16H34N2O. The van der Waals surface area contributed by atoms with Crippen molar-refractivity contribution in [2.24, 2.45) is 23.5 Å². The van der Waals surface area contributed by atoms with Gasteiger partial charge in [-0.05, 0) is 24.2 Å². The fourth-order valence-electron chi connectivity index (χ4n) is 3.74. The smallest absolute Gasteiger partial charge is 0.0589 e. The number of hydrogen-bond donors (Lipinski definition) is 1. The average Bonchev–Trinajstić information content (AvgIpc) is 2.38. The molecule has 114 valence electrons. The Bertz CT molecular complexity index is 257. The molecule has 0 aromatic rings. The van der Waals surface area contributed by atoms with Crippen molar-refractivity contribution in [2.75, 3.05) is 33.4 Å². The SMILES string of the molecule is COCCN(CC(C)C)C1(CN)CCCC(C)C1C. The number of methoxy groups -OCH3 is 1. The van der Waals surface area contributed by atoms with Crippen LogP contribution in [-0.2, 0) is 4.74 Å². The van der Waals surface area contributed by atoms with E-state index in [4.69, 9.17) is 10.5 Å². The van der Waals surface area contributed by atoms with Crippen molar-refractivity contribution in [3.8, 4) is 0 Å². The lowest BCUT2D eigenvalue weighted by molar-refractivity contribution is -0.0288. The first-order chi connectivity index (χ1) is 8.97. The van der Waals surface area contributed by atoms with Crippen molar-refractivity contribution in [3.63, 3.8) is 0 Å². The minimum absolute atomic E-state index is 0.181. The van der Waals surface area contributed by atoms with Crippen molar-refractivity contribution in [1.82, 2.24) is 4.90 Å². The molecule has 0 aliphatic heterocycles. The standard InChI is InChI=1S/C16H34N2O/c1-13(2)11-18(9-10-19-5)16(12-17)8-6-7-14(3)15(16)4/h13-15H,6-12,17H2,1-5H3. The number of ether oxygens (including phenoxy) is 1. The van der Waals surface area contributed by atoms with Gasteiger partial charge in [0.2, 0.25) is 0 Å². The summed E-state index contributed by atoms with van der Waals surface area (Å²) in [5.74, 6) is 2.11. The van der Waals surface area contributed by atoms with Gasteiger partial charge < -0.3 is 10.5 Å². The van der Waals surface area contributed by atoms with E-state index in [0.29, 0.717) is 11.8 Å². The quantitative estimate of drug-likeness (QED) is 0.773. The molecule has 1 aliphatic carbocycles. The topological polar surface area (TPSA) is 38.5 Å². The van der Waals surface area contributed by atoms with Crippen LogP contribution in [-0.4, -0.2) is 43.8 Å². The van der Waals surface area contributed by atoms with Crippen molar-refractivity contribution in [3.05, 3.63) is 0 Å². The molecule has 0 spiro atoms. The van der Waals surface area contributed by atoms with Gasteiger partial charge in [0.25, 0.3) is 0 Å². The predicted molar refractivity (Wildman–Crippen MR) is 82.3 cm³/mol. The molecule has 0 bridgehead atoms. The lowest BCUT2D eigenvalue weighted by atomic mass is 9.67. The first-order valence-electron chi connectivity index (χ1n) is 7.92. The number of rotatable bonds is 7. The molecule has 1 aliphatic rings. The zero-order valence-corrected chi connectivity index (χ0v) is 13.6. The Morgan fingerprint density at radius 1 is 1.37 bits per heavy atom. The van der Waals surface area contributed by atoms with Gasteiger partial charge >= 0.3 is 0 Å². The third kappa shape index (κ3) is 3.93. The first-order valence-corrected chi connectivity index (χ1v) is 7.92. The van der Waals surface area contributed by atoms with Crippen LogP contribution in [0.2, 0.25) is 0 Å². The van der Waals surface area contributed by atoms with E-state index in [0.717, 1.165) is 32.2 Å². The monoisotopic (exact) mass is 270 g/mol. The third-order valence-corrected chi connectivity index (χ3v) is 5.10. The van der Waals surface area contributed by atoms with Gasteiger partial charge in [0.1, 0.15) is 0 Å². The fourth-order valence-corrected chi connectivity index (χ4v) is 3.74. The third-order valence-electron chi connectivity index (χ3n) is 5.10. The second-order valence-electron chi connectivity index (χ2n) is 6.80.